The molecule has 114 valence electrons. The van der Waals surface area contributed by atoms with Gasteiger partial charge in [-0.2, -0.15) is 5.10 Å². The van der Waals surface area contributed by atoms with E-state index < -0.39 is 0 Å². The molecule has 0 amide bonds. The summed E-state index contributed by atoms with van der Waals surface area (Å²) in [5.41, 5.74) is 2.71. The van der Waals surface area contributed by atoms with Crippen molar-refractivity contribution in [1.29, 1.82) is 0 Å². The van der Waals surface area contributed by atoms with Crippen LogP contribution in [0, 0.1) is 18.3 Å². The summed E-state index contributed by atoms with van der Waals surface area (Å²) >= 11 is 3.73. The lowest BCUT2D eigenvalue weighted by Gasteiger charge is -2.34. The van der Waals surface area contributed by atoms with Crippen molar-refractivity contribution in [2.75, 3.05) is 6.54 Å². The van der Waals surface area contributed by atoms with Crippen LogP contribution in [0.2, 0.25) is 0 Å². The predicted molar refractivity (Wildman–Crippen MR) is 88.0 cm³/mol. The molecule has 1 N–H and O–H groups in total. The van der Waals surface area contributed by atoms with Gasteiger partial charge in [-0.25, -0.2) is 0 Å². The number of hydrogen-bond donors (Lipinski definition) is 1. The van der Waals surface area contributed by atoms with Crippen molar-refractivity contribution in [3.05, 3.63) is 15.9 Å². The van der Waals surface area contributed by atoms with Gasteiger partial charge in [-0.05, 0) is 60.4 Å². The third kappa shape index (κ3) is 3.45. The molecule has 1 aromatic heterocycles. The highest BCUT2D eigenvalue weighted by Crippen LogP contribution is 2.35. The molecule has 3 nitrogen and oxygen atoms in total. The molecule has 0 aromatic carbocycles. The van der Waals surface area contributed by atoms with E-state index in [9.17, 15) is 0 Å². The van der Waals surface area contributed by atoms with Crippen molar-refractivity contribution in [1.82, 2.24) is 15.1 Å². The van der Waals surface area contributed by atoms with Crippen LogP contribution in [-0.4, -0.2) is 22.4 Å². The highest BCUT2D eigenvalue weighted by atomic mass is 79.9. The van der Waals surface area contributed by atoms with E-state index in [4.69, 9.17) is 0 Å². The minimum Gasteiger partial charge on any atom is -0.313 e. The molecule has 20 heavy (non-hydrogen) atoms. The largest absolute Gasteiger partial charge is 0.313 e. The molecule has 1 aliphatic carbocycles. The molecule has 1 atom stereocenters. The first kappa shape index (κ1) is 16.0. The molecule has 2 rings (SSSR count). The monoisotopic (exact) mass is 341 g/mol. The summed E-state index contributed by atoms with van der Waals surface area (Å²) < 4.78 is 3.34. The van der Waals surface area contributed by atoms with Crippen LogP contribution in [0.3, 0.4) is 0 Å². The SMILES string of the molecule is CCn1nc(C)c(Br)c1CC(C)(CNC1CC1)C(C)C. The number of rotatable bonds is 7. The number of aromatic nitrogens is 2. The summed E-state index contributed by atoms with van der Waals surface area (Å²) in [6.07, 6.45) is 3.77. The molecule has 1 saturated carbocycles. The van der Waals surface area contributed by atoms with Crippen molar-refractivity contribution in [3.63, 3.8) is 0 Å². The number of hydrogen-bond acceptors (Lipinski definition) is 2. The Bertz CT molecular complexity index is 463. The van der Waals surface area contributed by atoms with E-state index in [-0.39, 0.29) is 5.41 Å². The lowest BCUT2D eigenvalue weighted by atomic mass is 9.75. The standard InChI is InChI=1S/C16H28BrN3/c1-6-20-14(15(17)12(4)19-20)9-16(5,11(2)3)10-18-13-7-8-13/h11,13,18H,6-10H2,1-5H3. The smallest absolute Gasteiger partial charge is 0.0738 e. The van der Waals surface area contributed by atoms with Crippen LogP contribution in [0.15, 0.2) is 4.47 Å². The van der Waals surface area contributed by atoms with Crippen molar-refractivity contribution >= 4 is 15.9 Å². The first-order chi connectivity index (χ1) is 9.37. The minimum atomic E-state index is 0.268. The molecule has 1 aromatic rings. The maximum atomic E-state index is 4.63. The van der Waals surface area contributed by atoms with Gasteiger partial charge in [0.25, 0.3) is 0 Å². The lowest BCUT2D eigenvalue weighted by molar-refractivity contribution is 0.201. The van der Waals surface area contributed by atoms with E-state index in [1.165, 1.54) is 23.0 Å². The number of aryl methyl sites for hydroxylation is 2. The molecular formula is C16H28BrN3. The maximum Gasteiger partial charge on any atom is 0.0738 e. The van der Waals surface area contributed by atoms with Crippen LogP contribution in [0.5, 0.6) is 0 Å². The number of nitrogens with zero attached hydrogens (tertiary/aromatic N) is 2. The topological polar surface area (TPSA) is 29.9 Å². The van der Waals surface area contributed by atoms with Gasteiger partial charge in [0.1, 0.15) is 0 Å². The van der Waals surface area contributed by atoms with Gasteiger partial charge in [0, 0.05) is 19.1 Å². The van der Waals surface area contributed by atoms with E-state index in [1.807, 2.05) is 0 Å². The Kier molecular flexibility index (Phi) is 4.96. The molecular weight excluding hydrogens is 314 g/mol. The van der Waals surface area contributed by atoms with Gasteiger partial charge in [0.05, 0.1) is 15.9 Å². The highest BCUT2D eigenvalue weighted by molar-refractivity contribution is 9.10. The summed E-state index contributed by atoms with van der Waals surface area (Å²) in [6, 6.07) is 0.773. The van der Waals surface area contributed by atoms with E-state index >= 15 is 0 Å². The molecule has 1 fully saturated rings. The molecule has 1 unspecified atom stereocenters. The van der Waals surface area contributed by atoms with Crippen molar-refractivity contribution in [3.8, 4) is 0 Å². The molecule has 4 heteroatoms. The Morgan fingerprint density at radius 3 is 2.60 bits per heavy atom. The van der Waals surface area contributed by atoms with E-state index in [2.05, 4.69) is 65.6 Å². The molecule has 0 radical (unpaired) electrons. The van der Waals surface area contributed by atoms with E-state index in [1.54, 1.807) is 0 Å². The zero-order valence-electron chi connectivity index (χ0n) is 13.5. The minimum absolute atomic E-state index is 0.268. The molecule has 0 saturated heterocycles. The van der Waals surface area contributed by atoms with E-state index in [0.717, 1.165) is 31.2 Å². The van der Waals surface area contributed by atoms with Crippen LogP contribution in [0.25, 0.3) is 0 Å². The van der Waals surface area contributed by atoms with Crippen LogP contribution in [0.1, 0.15) is 51.9 Å². The fourth-order valence-corrected chi connectivity index (χ4v) is 2.98. The third-order valence-electron chi connectivity index (χ3n) is 4.79. The fraction of sp³-hybridized carbons (Fsp3) is 0.812. The Morgan fingerprint density at radius 2 is 2.10 bits per heavy atom. The average Bonchev–Trinajstić information content (AvgIpc) is 3.19. The fourth-order valence-electron chi connectivity index (χ4n) is 2.56. The second-order valence-electron chi connectivity index (χ2n) is 6.80. The Morgan fingerprint density at radius 1 is 1.45 bits per heavy atom. The van der Waals surface area contributed by atoms with Crippen molar-refractivity contribution < 1.29 is 0 Å². The van der Waals surface area contributed by atoms with Gasteiger partial charge in [0.15, 0.2) is 0 Å². The van der Waals surface area contributed by atoms with Gasteiger partial charge in [0.2, 0.25) is 0 Å². The van der Waals surface area contributed by atoms with Crippen LogP contribution >= 0.6 is 15.9 Å². The molecule has 0 bridgehead atoms. The summed E-state index contributed by atoms with van der Waals surface area (Å²) in [6.45, 7) is 13.3. The van der Waals surface area contributed by atoms with Gasteiger partial charge in [-0.3, -0.25) is 4.68 Å². The second-order valence-corrected chi connectivity index (χ2v) is 7.60. The molecule has 1 aliphatic rings. The zero-order chi connectivity index (χ0) is 14.9. The lowest BCUT2D eigenvalue weighted by Crippen LogP contribution is -2.39. The second kappa shape index (κ2) is 6.18. The summed E-state index contributed by atoms with van der Waals surface area (Å²) in [5, 5.41) is 8.35. The summed E-state index contributed by atoms with van der Waals surface area (Å²) in [5.74, 6) is 0.640. The van der Waals surface area contributed by atoms with Crippen LogP contribution in [0.4, 0.5) is 0 Å². The number of halogens is 1. The zero-order valence-corrected chi connectivity index (χ0v) is 15.0. The molecule has 1 heterocycles. The highest BCUT2D eigenvalue weighted by Gasteiger charge is 2.33. The van der Waals surface area contributed by atoms with E-state index in [0.29, 0.717) is 5.92 Å². The van der Waals surface area contributed by atoms with Gasteiger partial charge < -0.3 is 5.32 Å². The predicted octanol–water partition coefficient (Wildman–Crippen LogP) is 3.93. The Balaban J connectivity index is 2.18. The van der Waals surface area contributed by atoms with Gasteiger partial charge in [-0.15, -0.1) is 0 Å². The van der Waals surface area contributed by atoms with Gasteiger partial charge >= 0.3 is 0 Å². The first-order valence-electron chi connectivity index (χ1n) is 7.82. The van der Waals surface area contributed by atoms with Gasteiger partial charge in [-0.1, -0.05) is 20.8 Å². The van der Waals surface area contributed by atoms with Crippen molar-refractivity contribution in [2.24, 2.45) is 11.3 Å². The normalized spacial score (nSPS) is 18.6. The first-order valence-corrected chi connectivity index (χ1v) is 8.62. The quantitative estimate of drug-likeness (QED) is 0.814. The Labute approximate surface area is 131 Å². The summed E-state index contributed by atoms with van der Waals surface area (Å²) in [4.78, 5) is 0. The average molecular weight is 342 g/mol. The van der Waals surface area contributed by atoms with Crippen molar-refractivity contribution in [2.45, 2.75) is 66.5 Å². The third-order valence-corrected chi connectivity index (χ3v) is 5.82. The number of nitrogens with one attached hydrogen (secondary N) is 1. The molecule has 0 spiro atoms. The van der Waals surface area contributed by atoms with Crippen LogP contribution in [-0.2, 0) is 13.0 Å². The molecule has 0 aliphatic heterocycles. The van der Waals surface area contributed by atoms with Crippen LogP contribution < -0.4 is 5.32 Å². The summed E-state index contributed by atoms with van der Waals surface area (Å²) in [7, 11) is 0. The maximum absolute atomic E-state index is 4.63. The Hall–Kier alpha value is -0.350.